The van der Waals surface area contributed by atoms with Crippen LogP contribution in [0.4, 0.5) is 23.7 Å². The monoisotopic (exact) mass is 408 g/mol. The third-order valence-corrected chi connectivity index (χ3v) is 4.80. The summed E-state index contributed by atoms with van der Waals surface area (Å²) >= 11 is 0. The second-order valence-corrected chi connectivity index (χ2v) is 6.91. The maximum atomic E-state index is 13.8. The van der Waals surface area contributed by atoms with E-state index in [9.17, 15) is 27.9 Å². The molecule has 154 valence electrons. The highest BCUT2D eigenvalue weighted by Gasteiger charge is 2.66. The number of alkyl halides is 3. The number of amides is 2. The zero-order valence-electron chi connectivity index (χ0n) is 15.6. The van der Waals surface area contributed by atoms with Crippen molar-refractivity contribution in [2.45, 2.75) is 17.9 Å². The van der Waals surface area contributed by atoms with E-state index in [2.05, 4.69) is 10.3 Å². The first-order chi connectivity index (χ1) is 13.5. The van der Waals surface area contributed by atoms with Crippen LogP contribution in [0.3, 0.4) is 0 Å². The molecule has 3 rings (SSSR count). The van der Waals surface area contributed by atoms with E-state index < -0.39 is 35.7 Å². The third kappa shape index (κ3) is 3.75. The maximum Gasteiger partial charge on any atom is 0.437 e. The van der Waals surface area contributed by atoms with E-state index in [0.717, 1.165) is 11.9 Å². The van der Waals surface area contributed by atoms with Gasteiger partial charge in [-0.2, -0.15) is 13.2 Å². The standard InChI is InChI=1S/C19H19F3N4O3/c1-26(2)13-7-5-11(6-8-13)15-14(16(27)12-4-3-9-23-10-12)18(29,19(20,21)22)25-17(28)24-15/h3-10,14-15,29H,1-2H3,(H2,24,25,28)/t14-,15+,18+/m0/s1. The summed E-state index contributed by atoms with van der Waals surface area (Å²) in [5.74, 6) is -3.08. The van der Waals surface area contributed by atoms with E-state index in [1.54, 1.807) is 31.1 Å². The van der Waals surface area contributed by atoms with Crippen molar-refractivity contribution in [1.29, 1.82) is 0 Å². The maximum absolute atomic E-state index is 13.8. The quantitative estimate of drug-likeness (QED) is 0.675. The van der Waals surface area contributed by atoms with Crippen molar-refractivity contribution in [3.05, 3.63) is 59.9 Å². The zero-order valence-corrected chi connectivity index (χ0v) is 15.6. The SMILES string of the molecule is CN(C)c1ccc([C@H]2NC(=O)N[C@](O)(C(F)(F)F)[C@@H]2C(=O)c2cccnc2)cc1. The fraction of sp³-hybridized carbons (Fsp3) is 0.316. The fourth-order valence-electron chi connectivity index (χ4n) is 3.28. The van der Waals surface area contributed by atoms with Crippen LogP contribution in [0.15, 0.2) is 48.8 Å². The normalized spacial score (nSPS) is 24.4. The molecule has 29 heavy (non-hydrogen) atoms. The number of hydrogen-bond donors (Lipinski definition) is 3. The molecule has 7 nitrogen and oxygen atoms in total. The lowest BCUT2D eigenvalue weighted by Gasteiger charge is -2.45. The summed E-state index contributed by atoms with van der Waals surface area (Å²) in [6.07, 6.45) is -2.82. The molecule has 3 atom stereocenters. The van der Waals surface area contributed by atoms with E-state index in [0.29, 0.717) is 0 Å². The summed E-state index contributed by atoms with van der Waals surface area (Å²) < 4.78 is 41.5. The molecule has 0 spiro atoms. The molecule has 1 aromatic heterocycles. The number of carbonyl (C=O) groups excluding carboxylic acids is 2. The highest BCUT2D eigenvalue weighted by atomic mass is 19.4. The van der Waals surface area contributed by atoms with E-state index >= 15 is 0 Å². The summed E-state index contributed by atoms with van der Waals surface area (Å²) in [4.78, 5) is 30.5. The largest absolute Gasteiger partial charge is 0.437 e. The minimum absolute atomic E-state index is 0.118. The van der Waals surface area contributed by atoms with Crippen molar-refractivity contribution in [3.8, 4) is 0 Å². The van der Waals surface area contributed by atoms with Crippen LogP contribution in [0.2, 0.25) is 0 Å². The van der Waals surface area contributed by atoms with Gasteiger partial charge in [-0.05, 0) is 29.8 Å². The Bertz CT molecular complexity index is 903. The Morgan fingerprint density at radius 3 is 2.38 bits per heavy atom. The van der Waals surface area contributed by atoms with Crippen LogP contribution in [0.5, 0.6) is 0 Å². The summed E-state index contributed by atoms with van der Waals surface area (Å²) in [5.41, 5.74) is -2.86. The third-order valence-electron chi connectivity index (χ3n) is 4.80. The van der Waals surface area contributed by atoms with Gasteiger partial charge in [-0.15, -0.1) is 0 Å². The first kappa shape index (κ1) is 20.6. The summed E-state index contributed by atoms with van der Waals surface area (Å²) in [5, 5.41) is 14.3. The molecule has 1 aliphatic heterocycles. The second kappa shape index (κ2) is 7.36. The lowest BCUT2D eigenvalue weighted by molar-refractivity contribution is -0.287. The number of pyridine rings is 1. The number of nitrogens with one attached hydrogen (secondary N) is 2. The van der Waals surface area contributed by atoms with Gasteiger partial charge in [0.2, 0.25) is 5.72 Å². The van der Waals surface area contributed by atoms with Crippen LogP contribution in [0.1, 0.15) is 22.0 Å². The number of nitrogens with zero attached hydrogens (tertiary/aromatic N) is 2. The fourth-order valence-corrected chi connectivity index (χ4v) is 3.28. The van der Waals surface area contributed by atoms with Crippen LogP contribution in [-0.4, -0.2) is 47.9 Å². The van der Waals surface area contributed by atoms with Crippen molar-refractivity contribution in [1.82, 2.24) is 15.6 Å². The summed E-state index contributed by atoms with van der Waals surface area (Å²) in [6.45, 7) is 0. The van der Waals surface area contributed by atoms with Gasteiger partial charge in [0.25, 0.3) is 0 Å². The summed E-state index contributed by atoms with van der Waals surface area (Å²) in [7, 11) is 3.58. The Hall–Kier alpha value is -3.14. The van der Waals surface area contributed by atoms with Gasteiger partial charge in [-0.25, -0.2) is 4.79 Å². The van der Waals surface area contributed by atoms with Crippen LogP contribution in [0, 0.1) is 5.92 Å². The van der Waals surface area contributed by atoms with Gasteiger partial charge in [0.15, 0.2) is 5.78 Å². The van der Waals surface area contributed by atoms with Crippen LogP contribution >= 0.6 is 0 Å². The Balaban J connectivity index is 2.13. The number of aliphatic hydroxyl groups is 1. The van der Waals surface area contributed by atoms with E-state index in [4.69, 9.17) is 0 Å². The summed E-state index contributed by atoms with van der Waals surface area (Å²) in [6, 6.07) is 6.34. The van der Waals surface area contributed by atoms with E-state index in [-0.39, 0.29) is 11.1 Å². The Morgan fingerprint density at radius 2 is 1.86 bits per heavy atom. The molecule has 0 bridgehead atoms. The van der Waals surface area contributed by atoms with Gasteiger partial charge in [-0.1, -0.05) is 12.1 Å². The first-order valence-electron chi connectivity index (χ1n) is 8.64. The molecule has 2 aromatic rings. The predicted octanol–water partition coefficient (Wildman–Crippen LogP) is 2.25. The van der Waals surface area contributed by atoms with Crippen molar-refractivity contribution in [3.63, 3.8) is 0 Å². The van der Waals surface area contributed by atoms with Gasteiger partial charge >= 0.3 is 12.2 Å². The van der Waals surface area contributed by atoms with Crippen molar-refractivity contribution in [2.24, 2.45) is 5.92 Å². The lowest BCUT2D eigenvalue weighted by atomic mass is 9.77. The number of benzene rings is 1. The van der Waals surface area contributed by atoms with Crippen molar-refractivity contribution >= 4 is 17.5 Å². The van der Waals surface area contributed by atoms with E-state index in [1.807, 2.05) is 0 Å². The number of anilines is 1. The number of aromatic nitrogens is 1. The number of rotatable bonds is 4. The molecule has 1 fully saturated rings. The number of Topliss-reactive ketones (excluding diaryl/α,β-unsaturated/α-hetero) is 1. The highest BCUT2D eigenvalue weighted by molar-refractivity contribution is 6.00. The van der Waals surface area contributed by atoms with Gasteiger partial charge in [0.1, 0.15) is 5.92 Å². The first-order valence-corrected chi connectivity index (χ1v) is 8.64. The number of urea groups is 1. The van der Waals surface area contributed by atoms with Crippen LogP contribution in [-0.2, 0) is 0 Å². The number of carbonyl (C=O) groups is 2. The number of hydrogen-bond acceptors (Lipinski definition) is 5. The minimum atomic E-state index is -5.30. The van der Waals surface area contributed by atoms with Gasteiger partial charge in [0.05, 0.1) is 6.04 Å². The van der Waals surface area contributed by atoms with E-state index in [1.165, 1.54) is 35.8 Å². The smallest absolute Gasteiger partial charge is 0.378 e. The predicted molar refractivity (Wildman–Crippen MR) is 98.2 cm³/mol. The van der Waals surface area contributed by atoms with Crippen LogP contribution < -0.4 is 15.5 Å². The Labute approximate surface area is 164 Å². The second-order valence-electron chi connectivity index (χ2n) is 6.91. The molecule has 1 saturated heterocycles. The van der Waals surface area contributed by atoms with Crippen LogP contribution in [0.25, 0.3) is 0 Å². The molecule has 1 aliphatic rings. The molecule has 0 aliphatic carbocycles. The minimum Gasteiger partial charge on any atom is -0.378 e. The molecule has 0 saturated carbocycles. The zero-order chi connectivity index (χ0) is 21.4. The molecule has 1 aromatic carbocycles. The number of ketones is 1. The molecule has 2 heterocycles. The van der Waals surface area contributed by atoms with Crippen molar-refractivity contribution < 1.29 is 27.9 Å². The average Bonchev–Trinajstić information content (AvgIpc) is 2.67. The Morgan fingerprint density at radius 1 is 1.21 bits per heavy atom. The molecular formula is C19H19F3N4O3. The number of halogens is 3. The van der Waals surface area contributed by atoms with Gasteiger partial charge < -0.3 is 20.6 Å². The highest BCUT2D eigenvalue weighted by Crippen LogP contribution is 2.44. The molecule has 2 amide bonds. The molecule has 0 unspecified atom stereocenters. The van der Waals surface area contributed by atoms with Crippen molar-refractivity contribution in [2.75, 3.05) is 19.0 Å². The van der Waals surface area contributed by atoms with Gasteiger partial charge in [-0.3, -0.25) is 9.78 Å². The van der Waals surface area contributed by atoms with Gasteiger partial charge in [0, 0.05) is 37.7 Å². The topological polar surface area (TPSA) is 94.6 Å². The molecule has 0 radical (unpaired) electrons. The lowest BCUT2D eigenvalue weighted by Crippen LogP contribution is -2.72. The molecule has 3 N–H and O–H groups in total. The average molecular weight is 408 g/mol. The molecule has 10 heteroatoms. The Kier molecular flexibility index (Phi) is 5.22. The molecular weight excluding hydrogens is 389 g/mol.